The van der Waals surface area contributed by atoms with Crippen molar-refractivity contribution in [3.05, 3.63) is 77.5 Å². The summed E-state index contributed by atoms with van der Waals surface area (Å²) in [5.41, 5.74) is 3.23. The second-order valence-electron chi connectivity index (χ2n) is 18.9. The molecular formula is C50H60N12O8S. The number of likely N-dealkylation sites (N-methyl/N-ethyl adjacent to an activating group) is 1. The topological polar surface area (TPSA) is 248 Å². The van der Waals surface area contributed by atoms with Gasteiger partial charge in [-0.3, -0.25) is 43.2 Å². The summed E-state index contributed by atoms with van der Waals surface area (Å²) in [5, 5.41) is 12.2. The Bertz CT molecular complexity index is 3010. The number of fused-ring (bicyclic) bond motifs is 2. The number of hydrogen-bond donors (Lipinski definition) is 2. The third kappa shape index (κ3) is 10.2. The Labute approximate surface area is 411 Å². The van der Waals surface area contributed by atoms with E-state index in [0.29, 0.717) is 74.8 Å². The van der Waals surface area contributed by atoms with Crippen LogP contribution >= 0.6 is 0 Å². The Morgan fingerprint density at radius 2 is 1.76 bits per heavy atom. The number of amides is 6. The number of aryl methyl sites for hydroxylation is 2. The van der Waals surface area contributed by atoms with E-state index in [0.717, 1.165) is 65.1 Å². The number of unbranched alkanes of at least 4 members (excludes halogenated alkanes) is 6. The number of morpholine rings is 1. The van der Waals surface area contributed by atoms with Gasteiger partial charge in [-0.2, -0.15) is 4.36 Å². The lowest BCUT2D eigenvalue weighted by Gasteiger charge is -2.35. The first kappa shape index (κ1) is 49.2. The molecule has 3 aliphatic heterocycles. The van der Waals surface area contributed by atoms with Gasteiger partial charge < -0.3 is 19.9 Å². The highest BCUT2D eigenvalue weighted by molar-refractivity contribution is 7.94. The average Bonchev–Trinajstić information content (AvgIpc) is 3.71. The number of carbonyl (C=O) groups is 6. The highest BCUT2D eigenvalue weighted by Gasteiger charge is 2.54. The standard InChI is InChI=1S/C50H60N12O8S/c1-4-60-43(65)19-17-38(48(60)67)62-47(66)36-13-12-14-37(44(36)49(62)68)53-41(63)15-10-8-6-5-7-9-11-26-59-30-33(56-58-59)16-18-42(64)57-71(3,69)50(22-23-50)39-29-40(61-27-28-70-31-32(61)2)55-46(54-39)35-21-25-52-45-34(35)20-24-51-45/h12-14,20-21,24-25,29-30,32,38H,4-11,15-19,22-23,26-28,31H2,1-3H3,(H,51,52)(H,53,63)/t32-,38?,71-/m1/s1. The Morgan fingerprint density at radius 3 is 2.54 bits per heavy atom. The number of pyridine rings is 1. The number of carbonyl (C=O) groups excluding carboxylic acids is 6. The molecule has 7 heterocycles. The molecule has 1 saturated carbocycles. The summed E-state index contributed by atoms with van der Waals surface area (Å²) >= 11 is 0. The van der Waals surface area contributed by atoms with Crippen molar-refractivity contribution in [3.8, 4) is 11.4 Å². The number of rotatable bonds is 20. The number of anilines is 2. The summed E-state index contributed by atoms with van der Waals surface area (Å²) < 4.78 is 25.5. The molecular weight excluding hydrogens is 929 g/mol. The quantitative estimate of drug-likeness (QED) is 0.0673. The molecule has 6 amide bonds. The maximum Gasteiger partial charge on any atom is 0.264 e. The number of nitrogens with one attached hydrogen (secondary N) is 2. The van der Waals surface area contributed by atoms with Crippen LogP contribution in [0, 0.1) is 0 Å². The lowest BCUT2D eigenvalue weighted by Crippen LogP contribution is -2.55. The van der Waals surface area contributed by atoms with E-state index in [2.05, 4.69) is 41.8 Å². The fourth-order valence-corrected chi connectivity index (χ4v) is 12.0. The highest BCUT2D eigenvalue weighted by Crippen LogP contribution is 2.53. The van der Waals surface area contributed by atoms with Crippen molar-refractivity contribution in [3.63, 3.8) is 0 Å². The van der Waals surface area contributed by atoms with Gasteiger partial charge in [0.25, 0.3) is 23.6 Å². The molecule has 1 unspecified atom stereocenters. The van der Waals surface area contributed by atoms with Gasteiger partial charge in [0.05, 0.1) is 61.9 Å². The molecule has 3 atom stereocenters. The van der Waals surface area contributed by atoms with Gasteiger partial charge in [0.2, 0.25) is 11.8 Å². The minimum Gasteiger partial charge on any atom is -0.377 e. The summed E-state index contributed by atoms with van der Waals surface area (Å²) in [7, 11) is -3.07. The van der Waals surface area contributed by atoms with Crippen molar-refractivity contribution in [1.29, 1.82) is 0 Å². The maximum absolute atomic E-state index is 14.5. The number of piperidine rings is 1. The van der Waals surface area contributed by atoms with Gasteiger partial charge >= 0.3 is 0 Å². The Kier molecular flexibility index (Phi) is 14.5. The highest BCUT2D eigenvalue weighted by atomic mass is 32.2. The first-order chi connectivity index (χ1) is 34.3. The smallest absolute Gasteiger partial charge is 0.264 e. The van der Waals surface area contributed by atoms with Crippen molar-refractivity contribution in [2.45, 2.75) is 127 Å². The van der Waals surface area contributed by atoms with E-state index in [1.165, 1.54) is 6.07 Å². The van der Waals surface area contributed by atoms with Crippen LogP contribution in [-0.4, -0.2) is 129 Å². The van der Waals surface area contributed by atoms with Crippen molar-refractivity contribution in [2.24, 2.45) is 4.36 Å². The molecule has 374 valence electrons. The number of nitrogens with zero attached hydrogens (tertiary/aromatic N) is 10. The summed E-state index contributed by atoms with van der Waals surface area (Å²) in [6.45, 7) is 6.37. The van der Waals surface area contributed by atoms with E-state index >= 15 is 0 Å². The van der Waals surface area contributed by atoms with Crippen molar-refractivity contribution in [1.82, 2.24) is 44.7 Å². The monoisotopic (exact) mass is 988 g/mol. The molecule has 20 nitrogen and oxygen atoms in total. The number of H-pyrrole nitrogens is 1. The van der Waals surface area contributed by atoms with Crippen LogP contribution in [-0.2, 0) is 51.4 Å². The molecule has 4 aromatic heterocycles. The third-order valence-corrected chi connectivity index (χ3v) is 16.7. The molecule has 1 aliphatic carbocycles. The number of aromatic amines is 1. The molecule has 0 spiro atoms. The van der Waals surface area contributed by atoms with Crippen molar-refractivity contribution in [2.75, 3.05) is 42.8 Å². The van der Waals surface area contributed by atoms with Crippen LogP contribution < -0.4 is 10.2 Å². The Morgan fingerprint density at radius 1 is 0.972 bits per heavy atom. The van der Waals surface area contributed by atoms with Gasteiger partial charge in [-0.1, -0.05) is 43.4 Å². The fourth-order valence-electron chi connectivity index (χ4n) is 9.97. The molecule has 3 fully saturated rings. The Hall–Kier alpha value is -6.74. The first-order valence-corrected chi connectivity index (χ1v) is 26.7. The van der Waals surface area contributed by atoms with Gasteiger partial charge in [0, 0.05) is 87.2 Å². The molecule has 9 rings (SSSR count). The lowest BCUT2D eigenvalue weighted by molar-refractivity contribution is -0.151. The van der Waals surface area contributed by atoms with Crippen LogP contribution in [0.3, 0.4) is 0 Å². The number of hydrogen-bond acceptors (Lipinski definition) is 14. The zero-order valence-electron chi connectivity index (χ0n) is 40.4. The van der Waals surface area contributed by atoms with Gasteiger partial charge in [-0.05, 0) is 70.2 Å². The van der Waals surface area contributed by atoms with Crippen molar-refractivity contribution >= 4 is 67.7 Å². The molecule has 71 heavy (non-hydrogen) atoms. The number of aromatic nitrogens is 7. The Balaban J connectivity index is 0.704. The number of benzene rings is 1. The molecule has 4 aliphatic rings. The fraction of sp³-hybridized carbons (Fsp3) is 0.500. The normalized spacial score (nSPS) is 19.6. The molecule has 5 aromatic rings. The minimum atomic E-state index is -3.07. The average molecular weight is 989 g/mol. The van der Waals surface area contributed by atoms with Gasteiger partial charge in [-0.25, -0.2) is 19.2 Å². The predicted octanol–water partition coefficient (Wildman–Crippen LogP) is 5.98. The zero-order valence-corrected chi connectivity index (χ0v) is 41.2. The first-order valence-electron chi connectivity index (χ1n) is 24.7. The predicted molar refractivity (Wildman–Crippen MR) is 263 cm³/mol. The second kappa shape index (κ2) is 20.9. The number of likely N-dealkylation sites (tertiary alicyclic amines) is 1. The van der Waals surface area contributed by atoms with Gasteiger partial charge in [0.15, 0.2) is 5.82 Å². The van der Waals surface area contributed by atoms with Crippen LogP contribution in [0.2, 0.25) is 0 Å². The van der Waals surface area contributed by atoms with E-state index < -0.39 is 44.1 Å². The minimum absolute atomic E-state index is 0.0512. The summed E-state index contributed by atoms with van der Waals surface area (Å²) in [4.78, 5) is 100. The summed E-state index contributed by atoms with van der Waals surface area (Å²) in [6.07, 6.45) is 15.3. The summed E-state index contributed by atoms with van der Waals surface area (Å²) in [6, 6.07) is 9.43. The second-order valence-corrected chi connectivity index (χ2v) is 21.5. The van der Waals surface area contributed by atoms with Crippen molar-refractivity contribution < 1.29 is 37.7 Å². The molecule has 1 aromatic carbocycles. The van der Waals surface area contributed by atoms with E-state index in [1.807, 2.05) is 30.6 Å². The van der Waals surface area contributed by atoms with Crippen LogP contribution in [0.1, 0.15) is 129 Å². The molecule has 0 bridgehead atoms. The molecule has 2 N–H and O–H groups in total. The zero-order chi connectivity index (χ0) is 49.9. The molecule has 0 radical (unpaired) electrons. The number of ether oxygens (including phenoxy) is 1. The van der Waals surface area contributed by atoms with E-state index in [1.54, 1.807) is 36.2 Å². The molecule has 2 saturated heterocycles. The lowest BCUT2D eigenvalue weighted by atomic mass is 10.0. The van der Waals surface area contributed by atoms with Crippen LogP contribution in [0.5, 0.6) is 0 Å². The van der Waals surface area contributed by atoms with E-state index in [-0.39, 0.29) is 66.9 Å². The number of imide groups is 2. The van der Waals surface area contributed by atoms with E-state index in [9.17, 15) is 33.0 Å². The van der Waals surface area contributed by atoms with Crippen LogP contribution in [0.25, 0.3) is 22.4 Å². The maximum atomic E-state index is 14.5. The van der Waals surface area contributed by atoms with Gasteiger partial charge in [-0.15, -0.1) is 5.10 Å². The summed E-state index contributed by atoms with van der Waals surface area (Å²) in [5.74, 6) is -1.64. The largest absolute Gasteiger partial charge is 0.377 e. The third-order valence-electron chi connectivity index (χ3n) is 14.1. The SMILES string of the molecule is CCN1C(=O)CCC(N2C(=O)c3cccc(NC(=O)CCCCCCCCCn4cc(CCC(=O)N=[S@](C)(=O)C5(c6cc(N7CCOC[C@H]7C)nc(-c7ccnc8[nH]ccc78)n6)CC5)nn4)c3C2=O)C1=O. The van der Waals surface area contributed by atoms with E-state index in [4.69, 9.17) is 14.7 Å². The molecule has 21 heteroatoms. The van der Waals surface area contributed by atoms with Crippen LogP contribution in [0.15, 0.2) is 59.4 Å². The van der Waals surface area contributed by atoms with Crippen LogP contribution in [0.4, 0.5) is 11.5 Å². The van der Waals surface area contributed by atoms with Gasteiger partial charge in [0.1, 0.15) is 17.5 Å².